The normalized spacial score (nSPS) is 24.8. The molecular weight excluding hydrogens is 570 g/mol. The minimum Gasteiger partial charge on any atom is -0.493 e. The molecule has 5 rings (SSSR count). The minimum atomic E-state index is -0.577. The number of carbonyl (C=O) groups is 2. The minimum absolute atomic E-state index is 0.104. The summed E-state index contributed by atoms with van der Waals surface area (Å²) >= 11 is 0. The summed E-state index contributed by atoms with van der Waals surface area (Å²) in [5.41, 5.74) is 1.91. The first-order chi connectivity index (χ1) is 22.1. The van der Waals surface area contributed by atoms with Gasteiger partial charge in [0.15, 0.2) is 11.5 Å². The maximum absolute atomic E-state index is 14.3. The van der Waals surface area contributed by atoms with Gasteiger partial charge >= 0.3 is 5.97 Å². The van der Waals surface area contributed by atoms with E-state index in [4.69, 9.17) is 23.7 Å². The molecule has 0 N–H and O–H groups in total. The van der Waals surface area contributed by atoms with Crippen LogP contribution in [-0.2, 0) is 25.5 Å². The fourth-order valence-electron chi connectivity index (χ4n) is 7.02. The maximum Gasteiger partial charge on any atom is 0.329 e. The van der Waals surface area contributed by atoms with Crippen LogP contribution in [0.3, 0.4) is 0 Å². The SMILES string of the molecule is COc1ccc(CC[C@H]2OC(=O)[C@@H]3CCCCN3C(=O)[C@@H](C3CCCCC3)C/C=C\COCCOc3cccc2c3)cc1OC. The van der Waals surface area contributed by atoms with Crippen LogP contribution in [0.25, 0.3) is 0 Å². The number of hydrogen-bond donors (Lipinski definition) is 0. The molecule has 2 fully saturated rings. The number of cyclic esters (lactones) is 1. The summed E-state index contributed by atoms with van der Waals surface area (Å²) < 4.78 is 29.1. The summed E-state index contributed by atoms with van der Waals surface area (Å²) in [6.45, 7) is 1.93. The van der Waals surface area contributed by atoms with Gasteiger partial charge < -0.3 is 28.6 Å². The van der Waals surface area contributed by atoms with E-state index < -0.39 is 12.1 Å². The first kappa shape index (κ1) is 32.9. The molecule has 0 radical (unpaired) electrons. The van der Waals surface area contributed by atoms with Crippen LogP contribution in [0.1, 0.15) is 81.4 Å². The molecule has 8 heteroatoms. The Bertz CT molecular complexity index is 1290. The number of fused-ring (bicyclic) bond motifs is 3. The lowest BCUT2D eigenvalue weighted by molar-refractivity contribution is -0.164. The fraction of sp³-hybridized carbons (Fsp3) is 0.568. The summed E-state index contributed by atoms with van der Waals surface area (Å²) in [5, 5.41) is 0. The summed E-state index contributed by atoms with van der Waals surface area (Å²) in [5.74, 6) is 2.02. The lowest BCUT2D eigenvalue weighted by atomic mass is 9.77. The molecule has 2 aromatic carbocycles. The van der Waals surface area contributed by atoms with E-state index >= 15 is 0 Å². The van der Waals surface area contributed by atoms with Crippen LogP contribution in [0, 0.1) is 11.8 Å². The Kier molecular flexibility index (Phi) is 12.2. The second-order valence-electron chi connectivity index (χ2n) is 12.4. The second-order valence-corrected chi connectivity index (χ2v) is 12.4. The van der Waals surface area contributed by atoms with Gasteiger partial charge in [-0.2, -0.15) is 0 Å². The number of hydrogen-bond acceptors (Lipinski definition) is 7. The van der Waals surface area contributed by atoms with E-state index in [1.54, 1.807) is 14.2 Å². The van der Waals surface area contributed by atoms with E-state index in [0.717, 1.165) is 49.7 Å². The molecule has 45 heavy (non-hydrogen) atoms. The van der Waals surface area contributed by atoms with E-state index in [1.165, 1.54) is 6.42 Å². The molecule has 0 spiro atoms. The van der Waals surface area contributed by atoms with Crippen LogP contribution in [-0.4, -0.2) is 63.4 Å². The van der Waals surface area contributed by atoms with Gasteiger partial charge in [0.1, 0.15) is 24.5 Å². The van der Waals surface area contributed by atoms with E-state index in [0.29, 0.717) is 75.2 Å². The Morgan fingerprint density at radius 2 is 1.69 bits per heavy atom. The molecule has 0 unspecified atom stereocenters. The highest BCUT2D eigenvalue weighted by Gasteiger charge is 2.39. The molecule has 1 amide bonds. The molecule has 3 atom stereocenters. The predicted molar refractivity (Wildman–Crippen MR) is 173 cm³/mol. The molecular formula is C37H49NO7. The Labute approximate surface area is 268 Å². The second kappa shape index (κ2) is 16.7. The van der Waals surface area contributed by atoms with Crippen molar-refractivity contribution in [3.05, 3.63) is 65.7 Å². The van der Waals surface area contributed by atoms with Gasteiger partial charge in [-0.1, -0.05) is 49.6 Å². The van der Waals surface area contributed by atoms with Crippen molar-refractivity contribution < 1.29 is 33.3 Å². The maximum atomic E-state index is 14.3. The van der Waals surface area contributed by atoms with Crippen LogP contribution in [0.2, 0.25) is 0 Å². The van der Waals surface area contributed by atoms with Gasteiger partial charge in [-0.3, -0.25) is 4.79 Å². The average Bonchev–Trinajstić information content (AvgIpc) is 3.09. The number of piperidine rings is 1. The van der Waals surface area contributed by atoms with Crippen molar-refractivity contribution in [2.24, 2.45) is 11.8 Å². The molecule has 2 bridgehead atoms. The number of rotatable bonds is 6. The number of carbonyl (C=O) groups excluding carboxylic acids is 2. The van der Waals surface area contributed by atoms with Gasteiger partial charge in [0.2, 0.25) is 5.91 Å². The monoisotopic (exact) mass is 619 g/mol. The molecule has 2 heterocycles. The van der Waals surface area contributed by atoms with Crippen LogP contribution >= 0.6 is 0 Å². The molecule has 1 aliphatic carbocycles. The predicted octanol–water partition coefficient (Wildman–Crippen LogP) is 6.85. The number of allylic oxidation sites excluding steroid dienone is 1. The van der Waals surface area contributed by atoms with E-state index in [9.17, 15) is 9.59 Å². The van der Waals surface area contributed by atoms with E-state index in [1.807, 2.05) is 53.4 Å². The third-order valence-electron chi connectivity index (χ3n) is 9.49. The van der Waals surface area contributed by atoms with Crippen LogP contribution in [0.15, 0.2) is 54.6 Å². The summed E-state index contributed by atoms with van der Waals surface area (Å²) in [4.78, 5) is 30.2. The molecule has 3 aliphatic rings. The fourth-order valence-corrected chi connectivity index (χ4v) is 7.02. The Balaban J connectivity index is 1.41. The highest BCUT2D eigenvalue weighted by atomic mass is 16.5. The number of benzene rings is 2. The van der Waals surface area contributed by atoms with Crippen molar-refractivity contribution in [1.82, 2.24) is 4.90 Å². The number of amides is 1. The van der Waals surface area contributed by atoms with Gasteiger partial charge in [-0.25, -0.2) is 4.79 Å². The summed E-state index contributed by atoms with van der Waals surface area (Å²) in [6, 6.07) is 13.0. The third kappa shape index (κ3) is 8.81. The first-order valence-corrected chi connectivity index (χ1v) is 16.7. The zero-order chi connectivity index (χ0) is 31.4. The highest BCUT2D eigenvalue weighted by Crippen LogP contribution is 2.36. The average molecular weight is 620 g/mol. The van der Waals surface area contributed by atoms with E-state index in [-0.39, 0.29) is 17.8 Å². The van der Waals surface area contributed by atoms with Gasteiger partial charge in [-0.15, -0.1) is 0 Å². The van der Waals surface area contributed by atoms with Crippen molar-refractivity contribution in [3.8, 4) is 17.2 Å². The largest absolute Gasteiger partial charge is 0.493 e. The van der Waals surface area contributed by atoms with Gasteiger partial charge in [0.05, 0.1) is 27.4 Å². The summed E-state index contributed by atoms with van der Waals surface area (Å²) in [6.07, 6.45) is 13.6. The zero-order valence-electron chi connectivity index (χ0n) is 26.9. The van der Waals surface area contributed by atoms with E-state index in [2.05, 4.69) is 6.08 Å². The topological polar surface area (TPSA) is 83.5 Å². The number of nitrogens with zero attached hydrogens (tertiary/aromatic N) is 1. The summed E-state index contributed by atoms with van der Waals surface area (Å²) in [7, 11) is 3.24. The molecule has 1 saturated carbocycles. The number of esters is 1. The van der Waals surface area contributed by atoms with Crippen LogP contribution < -0.4 is 14.2 Å². The van der Waals surface area contributed by atoms with Gasteiger partial charge in [-0.05, 0) is 92.7 Å². The smallest absolute Gasteiger partial charge is 0.329 e. The standard InChI is InChI=1S/C37H49NO7/c1-41-34-20-18-27(25-35(34)42-2)17-19-33-29-13-10-14-30(26-29)44-24-23-43-22-9-7-15-31(28-11-4-3-5-12-28)36(39)38-21-8-6-16-32(38)37(40)45-33/h7,9-10,13-14,18,20,25-26,28,31-33H,3-6,8,11-12,15-17,19,21-24H2,1-2H3/b9-7-/t31-,32+,33-/m1/s1. The van der Waals surface area contributed by atoms with Gasteiger partial charge in [0, 0.05) is 12.5 Å². The van der Waals surface area contributed by atoms with Crippen molar-refractivity contribution in [3.63, 3.8) is 0 Å². The molecule has 0 aromatic heterocycles. The van der Waals surface area contributed by atoms with Crippen molar-refractivity contribution >= 4 is 11.9 Å². The van der Waals surface area contributed by atoms with Gasteiger partial charge in [0.25, 0.3) is 0 Å². The zero-order valence-corrected chi connectivity index (χ0v) is 26.9. The number of methoxy groups -OCH3 is 2. The third-order valence-corrected chi connectivity index (χ3v) is 9.49. The Morgan fingerprint density at radius 3 is 2.51 bits per heavy atom. The lowest BCUT2D eigenvalue weighted by Gasteiger charge is -2.39. The quantitative estimate of drug-likeness (QED) is 0.258. The van der Waals surface area contributed by atoms with Crippen molar-refractivity contribution in [2.45, 2.75) is 82.8 Å². The molecule has 8 nitrogen and oxygen atoms in total. The Hall–Kier alpha value is -3.52. The number of aryl methyl sites for hydroxylation is 1. The van der Waals surface area contributed by atoms with Crippen molar-refractivity contribution in [1.29, 1.82) is 0 Å². The lowest BCUT2D eigenvalue weighted by Crippen LogP contribution is -2.52. The molecule has 244 valence electrons. The first-order valence-electron chi connectivity index (χ1n) is 16.7. The molecule has 1 saturated heterocycles. The number of ether oxygens (including phenoxy) is 5. The Morgan fingerprint density at radius 1 is 0.867 bits per heavy atom. The van der Waals surface area contributed by atoms with Crippen LogP contribution in [0.4, 0.5) is 0 Å². The van der Waals surface area contributed by atoms with Crippen molar-refractivity contribution in [2.75, 3.05) is 40.6 Å². The highest BCUT2D eigenvalue weighted by molar-refractivity contribution is 5.86. The molecule has 2 aliphatic heterocycles. The molecule has 2 aromatic rings. The van der Waals surface area contributed by atoms with Crippen LogP contribution in [0.5, 0.6) is 17.2 Å².